The third-order valence-electron chi connectivity index (χ3n) is 5.33. The Morgan fingerprint density at radius 2 is 1.66 bits per heavy atom. The van der Waals surface area contributed by atoms with Crippen LogP contribution in [-0.4, -0.2) is 29.0 Å². The van der Waals surface area contributed by atoms with Gasteiger partial charge in [-0.15, -0.1) is 0 Å². The lowest BCUT2D eigenvalue weighted by atomic mass is 10.1. The Labute approximate surface area is 171 Å². The standard InChI is InChI=1S/C24H26N4O/c29-24(27-17-19-6-5-13-25-16-19)21-9-7-20(8-10-21)22-11-12-23(26-18-22)28-14-3-1-2-4-15-28/h5-13,16,18H,1-4,14-15,17H2,(H,27,29). The number of pyridine rings is 2. The van der Waals surface area contributed by atoms with E-state index in [0.29, 0.717) is 12.1 Å². The van der Waals surface area contributed by atoms with E-state index in [1.165, 1.54) is 25.7 Å². The molecule has 148 valence electrons. The monoisotopic (exact) mass is 386 g/mol. The summed E-state index contributed by atoms with van der Waals surface area (Å²) in [7, 11) is 0. The minimum absolute atomic E-state index is 0.0879. The van der Waals surface area contributed by atoms with Crippen LogP contribution in [-0.2, 0) is 6.54 Å². The lowest BCUT2D eigenvalue weighted by Crippen LogP contribution is -2.24. The van der Waals surface area contributed by atoms with Gasteiger partial charge in [0.1, 0.15) is 5.82 Å². The summed E-state index contributed by atoms with van der Waals surface area (Å²) in [6, 6.07) is 15.7. The number of carbonyl (C=O) groups excluding carboxylic acids is 1. The fraction of sp³-hybridized carbons (Fsp3) is 0.292. The van der Waals surface area contributed by atoms with Crippen molar-refractivity contribution in [3.05, 3.63) is 78.2 Å². The summed E-state index contributed by atoms with van der Waals surface area (Å²) in [6.45, 7) is 2.65. The largest absolute Gasteiger partial charge is 0.357 e. The Morgan fingerprint density at radius 3 is 2.31 bits per heavy atom. The molecule has 0 bridgehead atoms. The topological polar surface area (TPSA) is 58.1 Å². The van der Waals surface area contributed by atoms with Gasteiger partial charge in [-0.2, -0.15) is 0 Å². The summed E-state index contributed by atoms with van der Waals surface area (Å²) in [4.78, 5) is 23.5. The molecule has 0 spiro atoms. The highest BCUT2D eigenvalue weighted by atomic mass is 16.1. The summed E-state index contributed by atoms with van der Waals surface area (Å²) in [5.74, 6) is 0.970. The molecular formula is C24H26N4O. The minimum Gasteiger partial charge on any atom is -0.357 e. The molecule has 1 N–H and O–H groups in total. The molecule has 1 amide bonds. The Morgan fingerprint density at radius 1 is 0.897 bits per heavy atom. The van der Waals surface area contributed by atoms with Crippen molar-refractivity contribution in [1.29, 1.82) is 0 Å². The van der Waals surface area contributed by atoms with Crippen molar-refractivity contribution in [2.45, 2.75) is 32.2 Å². The van der Waals surface area contributed by atoms with Gasteiger partial charge in [-0.1, -0.05) is 31.0 Å². The fourth-order valence-electron chi connectivity index (χ4n) is 3.64. The van der Waals surface area contributed by atoms with Crippen LogP contribution in [0.2, 0.25) is 0 Å². The second-order valence-corrected chi connectivity index (χ2v) is 7.43. The van der Waals surface area contributed by atoms with Crippen LogP contribution in [0.3, 0.4) is 0 Å². The molecule has 3 heterocycles. The molecule has 0 aliphatic carbocycles. The van der Waals surface area contributed by atoms with E-state index in [-0.39, 0.29) is 5.91 Å². The van der Waals surface area contributed by atoms with Gasteiger partial charge in [0, 0.05) is 49.4 Å². The zero-order valence-corrected chi connectivity index (χ0v) is 16.6. The molecule has 5 heteroatoms. The van der Waals surface area contributed by atoms with Crippen molar-refractivity contribution in [1.82, 2.24) is 15.3 Å². The number of hydrogen-bond donors (Lipinski definition) is 1. The van der Waals surface area contributed by atoms with Crippen LogP contribution in [0.5, 0.6) is 0 Å². The van der Waals surface area contributed by atoms with Crippen molar-refractivity contribution in [2.24, 2.45) is 0 Å². The summed E-state index contributed by atoms with van der Waals surface area (Å²) in [5, 5.41) is 2.93. The van der Waals surface area contributed by atoms with Gasteiger partial charge in [0.25, 0.3) is 5.91 Å². The Balaban J connectivity index is 1.38. The first kappa shape index (κ1) is 19.1. The number of aromatic nitrogens is 2. The van der Waals surface area contributed by atoms with E-state index in [1.54, 1.807) is 12.4 Å². The van der Waals surface area contributed by atoms with E-state index in [0.717, 1.165) is 35.6 Å². The van der Waals surface area contributed by atoms with E-state index in [2.05, 4.69) is 32.3 Å². The molecule has 1 aliphatic rings. The number of rotatable bonds is 5. The third kappa shape index (κ3) is 4.99. The van der Waals surface area contributed by atoms with Crippen LogP contribution in [0, 0.1) is 0 Å². The second-order valence-electron chi connectivity index (χ2n) is 7.43. The predicted octanol–water partition coefficient (Wildman–Crippen LogP) is 4.45. The molecule has 0 radical (unpaired) electrons. The fourth-order valence-corrected chi connectivity index (χ4v) is 3.64. The second kappa shape index (κ2) is 9.32. The molecule has 2 aromatic heterocycles. The Bertz CT molecular complexity index is 915. The summed E-state index contributed by atoms with van der Waals surface area (Å²) in [5.41, 5.74) is 3.74. The maximum Gasteiger partial charge on any atom is 0.251 e. The maximum absolute atomic E-state index is 12.4. The first-order valence-corrected chi connectivity index (χ1v) is 10.3. The molecule has 0 atom stereocenters. The van der Waals surface area contributed by atoms with Crippen molar-refractivity contribution in [2.75, 3.05) is 18.0 Å². The van der Waals surface area contributed by atoms with E-state index in [4.69, 9.17) is 0 Å². The van der Waals surface area contributed by atoms with Crippen LogP contribution in [0.1, 0.15) is 41.6 Å². The number of benzene rings is 1. The van der Waals surface area contributed by atoms with E-state index >= 15 is 0 Å². The molecule has 0 saturated carbocycles. The van der Waals surface area contributed by atoms with Crippen LogP contribution in [0.15, 0.2) is 67.1 Å². The first-order valence-electron chi connectivity index (χ1n) is 10.3. The highest BCUT2D eigenvalue weighted by Crippen LogP contribution is 2.23. The molecule has 29 heavy (non-hydrogen) atoms. The number of amides is 1. The number of hydrogen-bond acceptors (Lipinski definition) is 4. The number of carbonyl (C=O) groups is 1. The molecule has 1 aromatic carbocycles. The molecule has 3 aromatic rings. The average Bonchev–Trinajstić information content (AvgIpc) is 3.08. The predicted molar refractivity (Wildman–Crippen MR) is 116 cm³/mol. The molecular weight excluding hydrogens is 360 g/mol. The zero-order valence-electron chi connectivity index (χ0n) is 16.6. The van der Waals surface area contributed by atoms with Gasteiger partial charge in [-0.3, -0.25) is 9.78 Å². The minimum atomic E-state index is -0.0879. The average molecular weight is 386 g/mol. The molecule has 0 unspecified atom stereocenters. The van der Waals surface area contributed by atoms with Gasteiger partial charge in [-0.05, 0) is 54.3 Å². The van der Waals surface area contributed by atoms with Crippen LogP contribution in [0.4, 0.5) is 5.82 Å². The zero-order chi connectivity index (χ0) is 19.9. The van der Waals surface area contributed by atoms with E-state index < -0.39 is 0 Å². The smallest absolute Gasteiger partial charge is 0.251 e. The van der Waals surface area contributed by atoms with E-state index in [9.17, 15) is 4.79 Å². The Hall–Kier alpha value is -3.21. The lowest BCUT2D eigenvalue weighted by Gasteiger charge is -2.21. The van der Waals surface area contributed by atoms with Crippen molar-refractivity contribution in [3.63, 3.8) is 0 Å². The third-order valence-corrected chi connectivity index (χ3v) is 5.33. The number of nitrogens with one attached hydrogen (secondary N) is 1. The van der Waals surface area contributed by atoms with Gasteiger partial charge in [-0.25, -0.2) is 4.98 Å². The summed E-state index contributed by atoms with van der Waals surface area (Å²) in [6.07, 6.45) is 10.5. The highest BCUT2D eigenvalue weighted by Gasteiger charge is 2.11. The summed E-state index contributed by atoms with van der Waals surface area (Å²) < 4.78 is 0. The molecule has 1 fully saturated rings. The number of nitrogens with zero attached hydrogens (tertiary/aromatic N) is 3. The quantitative estimate of drug-likeness (QED) is 0.704. The van der Waals surface area contributed by atoms with Crippen LogP contribution >= 0.6 is 0 Å². The van der Waals surface area contributed by atoms with Gasteiger partial charge in [0.15, 0.2) is 0 Å². The molecule has 1 aliphatic heterocycles. The Kier molecular flexibility index (Phi) is 6.15. The maximum atomic E-state index is 12.4. The van der Waals surface area contributed by atoms with Crippen molar-refractivity contribution < 1.29 is 4.79 Å². The van der Waals surface area contributed by atoms with Gasteiger partial charge in [0.2, 0.25) is 0 Å². The van der Waals surface area contributed by atoms with Gasteiger partial charge < -0.3 is 10.2 Å². The van der Waals surface area contributed by atoms with Crippen LogP contribution < -0.4 is 10.2 Å². The first-order chi connectivity index (χ1) is 14.3. The summed E-state index contributed by atoms with van der Waals surface area (Å²) >= 11 is 0. The highest BCUT2D eigenvalue weighted by molar-refractivity contribution is 5.94. The van der Waals surface area contributed by atoms with Crippen molar-refractivity contribution in [3.8, 4) is 11.1 Å². The SMILES string of the molecule is O=C(NCc1cccnc1)c1ccc(-c2ccc(N3CCCCCC3)nc2)cc1. The molecule has 5 nitrogen and oxygen atoms in total. The van der Waals surface area contributed by atoms with Gasteiger partial charge >= 0.3 is 0 Å². The molecule has 4 rings (SSSR count). The van der Waals surface area contributed by atoms with Gasteiger partial charge in [0.05, 0.1) is 0 Å². The number of anilines is 1. The van der Waals surface area contributed by atoms with Crippen molar-refractivity contribution >= 4 is 11.7 Å². The lowest BCUT2D eigenvalue weighted by molar-refractivity contribution is 0.0951. The van der Waals surface area contributed by atoms with Crippen LogP contribution in [0.25, 0.3) is 11.1 Å². The molecule has 1 saturated heterocycles. The van der Waals surface area contributed by atoms with E-state index in [1.807, 2.05) is 42.6 Å². The normalized spacial score (nSPS) is 14.3.